The van der Waals surface area contributed by atoms with E-state index in [2.05, 4.69) is 56.5 Å². The Morgan fingerprint density at radius 3 is 1.29 bits per heavy atom. The highest BCUT2D eigenvalue weighted by molar-refractivity contribution is 7.86. The highest BCUT2D eigenvalue weighted by Crippen LogP contribution is 2.28. The molecule has 17 nitrogen and oxygen atoms in total. The number of nitrogens with zero attached hydrogens (tertiary/aromatic N) is 6. The normalized spacial score (nSPS) is 11.6. The molecule has 2 aromatic heterocycles. The lowest BCUT2D eigenvalue weighted by Gasteiger charge is -2.13. The first-order valence-electron chi connectivity index (χ1n) is 17.7. The molecular weight excluding hydrogens is 795 g/mol. The monoisotopic (exact) mass is 829 g/mol. The van der Waals surface area contributed by atoms with Gasteiger partial charge in [0, 0.05) is 28.4 Å². The van der Waals surface area contributed by atoms with Crippen LogP contribution in [0.4, 0.5) is 58.2 Å². The zero-order valence-corrected chi connectivity index (χ0v) is 32.9. The standard InChI is InChI=1S/C40H35N11O6S2/c1-25-23-32(46-37-42-26(2)41-36(48-37)43-29-9-5-3-6-10-29)17-15-27(25)13-14-28-16-18-33(24-35(28)59(55,56)57)47-40-50-38(44-30-11-7-4-8-12-30)49-39(51-40)45-31-19-21-34(22-20-31)58(52,53)54/h3-24H,1-2H3,(H,52,53,54)(H,55,56,57)(H2,41,42,43,46,48)(H3,44,45,47,49,50,51)/b14-13+. The van der Waals surface area contributed by atoms with E-state index < -0.39 is 20.2 Å². The van der Waals surface area contributed by atoms with Crippen molar-refractivity contribution in [3.8, 4) is 0 Å². The fourth-order valence-corrected chi connectivity index (χ4v) is 6.82. The second kappa shape index (κ2) is 17.0. The first-order chi connectivity index (χ1) is 28.2. The van der Waals surface area contributed by atoms with Crippen LogP contribution in [0.1, 0.15) is 22.5 Å². The van der Waals surface area contributed by atoms with Crippen molar-refractivity contribution in [3.05, 3.63) is 144 Å². The second-order valence-corrected chi connectivity index (χ2v) is 15.6. The molecule has 59 heavy (non-hydrogen) atoms. The minimum atomic E-state index is -4.71. The van der Waals surface area contributed by atoms with Crippen molar-refractivity contribution in [3.63, 3.8) is 0 Å². The predicted molar refractivity (Wildman–Crippen MR) is 226 cm³/mol. The fourth-order valence-electron chi connectivity index (χ4n) is 5.63. The number of hydrogen-bond acceptors (Lipinski definition) is 15. The van der Waals surface area contributed by atoms with Gasteiger partial charge < -0.3 is 26.6 Å². The lowest BCUT2D eigenvalue weighted by atomic mass is 10.1. The van der Waals surface area contributed by atoms with Crippen molar-refractivity contribution in [2.45, 2.75) is 23.6 Å². The van der Waals surface area contributed by atoms with Crippen LogP contribution in [-0.2, 0) is 20.2 Å². The van der Waals surface area contributed by atoms with Crippen molar-refractivity contribution in [1.82, 2.24) is 29.9 Å². The van der Waals surface area contributed by atoms with Gasteiger partial charge >= 0.3 is 0 Å². The molecule has 7 aromatic rings. The maximum Gasteiger partial charge on any atom is 0.295 e. The minimum absolute atomic E-state index is 0.000369. The molecule has 0 radical (unpaired) electrons. The van der Waals surface area contributed by atoms with Gasteiger partial charge in [0.25, 0.3) is 20.2 Å². The van der Waals surface area contributed by atoms with E-state index in [-0.39, 0.29) is 38.9 Å². The van der Waals surface area contributed by atoms with Crippen LogP contribution < -0.4 is 26.6 Å². The van der Waals surface area contributed by atoms with Crippen molar-refractivity contribution >= 4 is 90.6 Å². The Hall–Kier alpha value is -7.32. The molecule has 0 saturated heterocycles. The van der Waals surface area contributed by atoms with Gasteiger partial charge in [0.1, 0.15) is 10.7 Å². The Balaban J connectivity index is 1.11. The third-order valence-corrected chi connectivity index (χ3v) is 10.1. The summed E-state index contributed by atoms with van der Waals surface area (Å²) in [5.74, 6) is 1.43. The molecule has 0 bridgehead atoms. The zero-order chi connectivity index (χ0) is 41.6. The van der Waals surface area contributed by atoms with Crippen LogP contribution in [0.5, 0.6) is 0 Å². The molecule has 7 N–H and O–H groups in total. The van der Waals surface area contributed by atoms with E-state index >= 15 is 0 Å². The second-order valence-electron chi connectivity index (χ2n) is 12.8. The maximum atomic E-state index is 12.7. The molecule has 7 rings (SSSR count). The largest absolute Gasteiger partial charge is 0.324 e. The summed E-state index contributed by atoms with van der Waals surface area (Å²) in [4.78, 5) is 25.8. The quantitative estimate of drug-likeness (QED) is 0.0404. The van der Waals surface area contributed by atoms with Gasteiger partial charge in [-0.2, -0.15) is 46.7 Å². The number of para-hydroxylation sites is 2. The van der Waals surface area contributed by atoms with Crippen molar-refractivity contribution in [2.24, 2.45) is 0 Å². The van der Waals surface area contributed by atoms with Crippen molar-refractivity contribution in [1.29, 1.82) is 0 Å². The summed E-state index contributed by atoms with van der Waals surface area (Å²) in [6.07, 6.45) is 3.32. The summed E-state index contributed by atoms with van der Waals surface area (Å²) in [7, 11) is -9.10. The Morgan fingerprint density at radius 2 is 0.831 bits per heavy atom. The molecule has 19 heteroatoms. The SMILES string of the molecule is Cc1nc(Nc2ccccc2)nc(Nc2ccc(/C=C/c3ccc(Nc4nc(Nc5ccccc5)nc(Nc5ccc(S(=O)(=O)O)cc5)n4)cc3S(=O)(=O)O)c(C)c2)n1. The summed E-state index contributed by atoms with van der Waals surface area (Å²) >= 11 is 0. The first-order valence-corrected chi connectivity index (χ1v) is 20.5. The van der Waals surface area contributed by atoms with Crippen LogP contribution in [0, 0.1) is 13.8 Å². The van der Waals surface area contributed by atoms with E-state index in [4.69, 9.17) is 0 Å². The Morgan fingerprint density at radius 1 is 0.441 bits per heavy atom. The average molecular weight is 830 g/mol. The molecule has 0 unspecified atom stereocenters. The highest BCUT2D eigenvalue weighted by atomic mass is 32.2. The lowest BCUT2D eigenvalue weighted by molar-refractivity contribution is 0.481. The minimum Gasteiger partial charge on any atom is -0.324 e. The molecular formula is C40H35N11O6S2. The van der Waals surface area contributed by atoms with Crippen LogP contribution in [0.2, 0.25) is 0 Å². The summed E-state index contributed by atoms with van der Waals surface area (Å²) in [6.45, 7) is 3.67. The Bertz CT molecular complexity index is 2890. The Kier molecular flexibility index (Phi) is 11.5. The molecule has 0 saturated carbocycles. The fraction of sp³-hybridized carbons (Fsp3) is 0.0500. The summed E-state index contributed by atoms with van der Waals surface area (Å²) < 4.78 is 67.9. The van der Waals surface area contributed by atoms with E-state index in [9.17, 15) is 25.9 Å². The van der Waals surface area contributed by atoms with Crippen LogP contribution >= 0.6 is 0 Å². The van der Waals surface area contributed by atoms with Gasteiger partial charge in [0.15, 0.2) is 0 Å². The number of anilines is 10. The molecule has 0 fully saturated rings. The number of aromatic nitrogens is 6. The summed E-state index contributed by atoms with van der Waals surface area (Å²) in [5.41, 5.74) is 4.72. The molecule has 2 heterocycles. The third-order valence-electron chi connectivity index (χ3n) is 8.37. The number of nitrogens with one attached hydrogen (secondary N) is 5. The van der Waals surface area contributed by atoms with Gasteiger partial charge in [0.05, 0.1) is 4.90 Å². The molecule has 5 aromatic carbocycles. The third kappa shape index (κ3) is 10.8. The summed E-state index contributed by atoms with van der Waals surface area (Å²) in [5, 5.41) is 15.4. The van der Waals surface area contributed by atoms with Gasteiger partial charge in [-0.1, -0.05) is 60.7 Å². The van der Waals surface area contributed by atoms with Gasteiger partial charge in [-0.3, -0.25) is 9.11 Å². The van der Waals surface area contributed by atoms with Crippen LogP contribution in [0.25, 0.3) is 12.2 Å². The predicted octanol–water partition coefficient (Wildman–Crippen LogP) is 8.06. The van der Waals surface area contributed by atoms with E-state index in [1.807, 2.05) is 73.7 Å². The maximum absolute atomic E-state index is 12.7. The van der Waals surface area contributed by atoms with E-state index in [0.29, 0.717) is 29.1 Å². The van der Waals surface area contributed by atoms with Gasteiger partial charge in [0.2, 0.25) is 29.7 Å². The van der Waals surface area contributed by atoms with Gasteiger partial charge in [-0.05, 0) is 103 Å². The van der Waals surface area contributed by atoms with Crippen molar-refractivity contribution < 1.29 is 25.9 Å². The van der Waals surface area contributed by atoms with E-state index in [0.717, 1.165) is 22.5 Å². The molecule has 0 aliphatic heterocycles. The molecule has 0 aliphatic rings. The van der Waals surface area contributed by atoms with E-state index in [1.54, 1.807) is 37.3 Å². The molecule has 0 spiro atoms. The average Bonchev–Trinajstić information content (AvgIpc) is 3.18. The number of rotatable bonds is 14. The molecule has 0 aliphatic carbocycles. The van der Waals surface area contributed by atoms with Crippen molar-refractivity contribution in [2.75, 3.05) is 26.6 Å². The number of aryl methyl sites for hydroxylation is 2. The van der Waals surface area contributed by atoms with Crippen LogP contribution in [0.15, 0.2) is 131 Å². The van der Waals surface area contributed by atoms with Gasteiger partial charge in [-0.25, -0.2) is 0 Å². The smallest absolute Gasteiger partial charge is 0.295 e. The van der Waals surface area contributed by atoms with Crippen LogP contribution in [-0.4, -0.2) is 55.8 Å². The summed E-state index contributed by atoms with van der Waals surface area (Å²) in [6, 6.07) is 33.8. The molecule has 298 valence electrons. The zero-order valence-electron chi connectivity index (χ0n) is 31.2. The lowest BCUT2D eigenvalue weighted by Crippen LogP contribution is -2.08. The molecule has 0 amide bonds. The molecule has 0 atom stereocenters. The first kappa shape index (κ1) is 39.9. The highest BCUT2D eigenvalue weighted by Gasteiger charge is 2.17. The van der Waals surface area contributed by atoms with Gasteiger partial charge in [-0.15, -0.1) is 0 Å². The topological polar surface area (TPSA) is 246 Å². The Labute approximate surface area is 339 Å². The van der Waals surface area contributed by atoms with Crippen LogP contribution in [0.3, 0.4) is 0 Å². The number of hydrogen-bond donors (Lipinski definition) is 7. The number of benzene rings is 5. The van der Waals surface area contributed by atoms with E-state index in [1.165, 1.54) is 36.4 Å².